The minimum absolute atomic E-state index is 0.0649. The maximum atomic E-state index is 12.4. The lowest BCUT2D eigenvalue weighted by atomic mass is 10.2. The van der Waals surface area contributed by atoms with Gasteiger partial charge < -0.3 is 5.32 Å². The predicted octanol–water partition coefficient (Wildman–Crippen LogP) is 4.06. The van der Waals surface area contributed by atoms with Crippen molar-refractivity contribution >= 4 is 50.5 Å². The molecule has 0 fully saturated rings. The number of benzene rings is 2. The first-order chi connectivity index (χ1) is 10.7. The average Bonchev–Trinajstić information content (AvgIpc) is 2.43. The molecule has 5 nitrogen and oxygen atoms in total. The van der Waals surface area contributed by atoms with Crippen LogP contribution in [0.5, 0.6) is 0 Å². The van der Waals surface area contributed by atoms with Crippen LogP contribution in [0.15, 0.2) is 41.3 Å². The minimum atomic E-state index is -3.81. The minimum Gasteiger partial charge on any atom is -0.326 e. The summed E-state index contributed by atoms with van der Waals surface area (Å²) in [6.45, 7) is 3.09. The zero-order chi connectivity index (χ0) is 17.2. The van der Waals surface area contributed by atoms with Crippen LogP contribution in [0.2, 0.25) is 10.0 Å². The van der Waals surface area contributed by atoms with Crippen molar-refractivity contribution in [2.75, 3.05) is 10.0 Å². The molecule has 1 amide bonds. The van der Waals surface area contributed by atoms with Crippen LogP contribution in [0, 0.1) is 6.92 Å². The Hall–Kier alpha value is -1.76. The maximum Gasteiger partial charge on any atom is 0.261 e. The summed E-state index contributed by atoms with van der Waals surface area (Å²) in [6, 6.07) is 8.89. The first kappa shape index (κ1) is 17.6. The molecule has 0 bridgehead atoms. The molecule has 122 valence electrons. The number of anilines is 2. The zero-order valence-electron chi connectivity index (χ0n) is 12.4. The number of sulfonamides is 1. The van der Waals surface area contributed by atoms with Gasteiger partial charge in [0.05, 0.1) is 15.6 Å². The summed E-state index contributed by atoms with van der Waals surface area (Å²) in [5.41, 5.74) is 1.42. The first-order valence-electron chi connectivity index (χ1n) is 6.55. The third-order valence-corrected chi connectivity index (χ3v) is 4.91. The Labute approximate surface area is 144 Å². The summed E-state index contributed by atoms with van der Waals surface area (Å²) in [7, 11) is -3.81. The number of halogens is 2. The van der Waals surface area contributed by atoms with Gasteiger partial charge in [-0.15, -0.1) is 0 Å². The van der Waals surface area contributed by atoms with E-state index in [2.05, 4.69) is 10.0 Å². The Morgan fingerprint density at radius 3 is 2.26 bits per heavy atom. The Balaban J connectivity index is 2.32. The smallest absolute Gasteiger partial charge is 0.261 e. The van der Waals surface area contributed by atoms with E-state index in [0.29, 0.717) is 16.3 Å². The highest BCUT2D eigenvalue weighted by Crippen LogP contribution is 2.28. The summed E-state index contributed by atoms with van der Waals surface area (Å²) in [4.78, 5) is 11.2. The van der Waals surface area contributed by atoms with Crippen molar-refractivity contribution in [2.24, 2.45) is 0 Å². The molecule has 0 radical (unpaired) electrons. The lowest BCUT2D eigenvalue weighted by Gasteiger charge is -2.12. The van der Waals surface area contributed by atoms with Crippen LogP contribution in [-0.4, -0.2) is 14.3 Å². The van der Waals surface area contributed by atoms with Gasteiger partial charge in [-0.25, -0.2) is 8.42 Å². The molecule has 0 aliphatic carbocycles. The molecule has 0 aliphatic heterocycles. The van der Waals surface area contributed by atoms with E-state index in [-0.39, 0.29) is 21.5 Å². The summed E-state index contributed by atoms with van der Waals surface area (Å²) in [6.07, 6.45) is 0. The zero-order valence-corrected chi connectivity index (χ0v) is 14.7. The van der Waals surface area contributed by atoms with E-state index >= 15 is 0 Å². The van der Waals surface area contributed by atoms with Crippen LogP contribution >= 0.6 is 23.2 Å². The Morgan fingerprint density at radius 1 is 1.04 bits per heavy atom. The SMILES string of the molecule is CC(=O)Nc1ccc(S(=O)(=O)Nc2ccc(Cl)cc2Cl)cc1C. The van der Waals surface area contributed by atoms with Crippen molar-refractivity contribution in [3.05, 3.63) is 52.0 Å². The van der Waals surface area contributed by atoms with Gasteiger partial charge in [0.2, 0.25) is 5.91 Å². The lowest BCUT2D eigenvalue weighted by Crippen LogP contribution is -2.14. The van der Waals surface area contributed by atoms with E-state index in [1.165, 1.54) is 43.3 Å². The van der Waals surface area contributed by atoms with Crippen LogP contribution in [0.4, 0.5) is 11.4 Å². The average molecular weight is 373 g/mol. The summed E-state index contributed by atoms with van der Waals surface area (Å²) in [5.74, 6) is -0.227. The summed E-state index contributed by atoms with van der Waals surface area (Å²) < 4.78 is 27.3. The van der Waals surface area contributed by atoms with Gasteiger partial charge in [-0.3, -0.25) is 9.52 Å². The molecule has 0 unspecified atom stereocenters. The molecule has 23 heavy (non-hydrogen) atoms. The van der Waals surface area contributed by atoms with Gasteiger partial charge in [0.1, 0.15) is 0 Å². The van der Waals surface area contributed by atoms with Gasteiger partial charge in [-0.2, -0.15) is 0 Å². The number of hydrogen-bond donors (Lipinski definition) is 2. The molecule has 0 aromatic heterocycles. The highest BCUT2D eigenvalue weighted by molar-refractivity contribution is 7.92. The highest BCUT2D eigenvalue weighted by Gasteiger charge is 2.17. The molecule has 0 atom stereocenters. The normalized spacial score (nSPS) is 11.1. The summed E-state index contributed by atoms with van der Waals surface area (Å²) in [5, 5.41) is 3.24. The van der Waals surface area contributed by atoms with Crippen LogP contribution < -0.4 is 10.0 Å². The molecule has 0 aliphatic rings. The molecule has 2 rings (SSSR count). The number of aryl methyl sites for hydroxylation is 1. The molecule has 2 aromatic rings. The quantitative estimate of drug-likeness (QED) is 0.849. The largest absolute Gasteiger partial charge is 0.326 e. The van der Waals surface area contributed by atoms with Crippen molar-refractivity contribution in [2.45, 2.75) is 18.7 Å². The highest BCUT2D eigenvalue weighted by atomic mass is 35.5. The van der Waals surface area contributed by atoms with E-state index in [9.17, 15) is 13.2 Å². The second-order valence-electron chi connectivity index (χ2n) is 4.89. The standard InChI is InChI=1S/C15H14Cl2N2O3S/c1-9-7-12(4-6-14(9)18-10(2)20)23(21,22)19-15-5-3-11(16)8-13(15)17/h3-8,19H,1-2H3,(H,18,20). The molecule has 0 saturated heterocycles. The van der Waals surface area contributed by atoms with E-state index in [1.54, 1.807) is 6.92 Å². The van der Waals surface area contributed by atoms with Crippen LogP contribution in [0.3, 0.4) is 0 Å². The second-order valence-corrected chi connectivity index (χ2v) is 7.41. The van der Waals surface area contributed by atoms with Crippen molar-refractivity contribution in [1.29, 1.82) is 0 Å². The number of hydrogen-bond acceptors (Lipinski definition) is 3. The Bertz CT molecular complexity index is 867. The van der Waals surface area contributed by atoms with E-state index < -0.39 is 10.0 Å². The molecule has 8 heteroatoms. The van der Waals surface area contributed by atoms with E-state index in [0.717, 1.165) is 0 Å². The number of carbonyl (C=O) groups excluding carboxylic acids is 1. The molecule has 2 aromatic carbocycles. The lowest BCUT2D eigenvalue weighted by molar-refractivity contribution is -0.114. The van der Waals surface area contributed by atoms with Crippen molar-refractivity contribution in [3.63, 3.8) is 0 Å². The van der Waals surface area contributed by atoms with Gasteiger partial charge in [0.15, 0.2) is 0 Å². The maximum absolute atomic E-state index is 12.4. The van der Waals surface area contributed by atoms with Crippen LogP contribution in [0.1, 0.15) is 12.5 Å². The van der Waals surface area contributed by atoms with Gasteiger partial charge in [0, 0.05) is 17.6 Å². The number of nitrogens with one attached hydrogen (secondary N) is 2. The van der Waals surface area contributed by atoms with Gasteiger partial charge in [-0.05, 0) is 48.9 Å². The molecule has 0 heterocycles. The third-order valence-electron chi connectivity index (χ3n) is 2.99. The second kappa shape index (κ2) is 6.78. The number of amides is 1. The molecular formula is C15H14Cl2N2O3S. The number of rotatable bonds is 4. The summed E-state index contributed by atoms with van der Waals surface area (Å²) >= 11 is 11.8. The van der Waals surface area contributed by atoms with Gasteiger partial charge in [-0.1, -0.05) is 23.2 Å². The topological polar surface area (TPSA) is 75.3 Å². The monoisotopic (exact) mass is 372 g/mol. The number of carbonyl (C=O) groups is 1. The van der Waals surface area contributed by atoms with E-state index in [1.807, 2.05) is 0 Å². The van der Waals surface area contributed by atoms with Gasteiger partial charge in [0.25, 0.3) is 10.0 Å². The first-order valence-corrected chi connectivity index (χ1v) is 8.79. The predicted molar refractivity (Wildman–Crippen MR) is 92.8 cm³/mol. The molecule has 0 saturated carbocycles. The molecule has 0 spiro atoms. The Morgan fingerprint density at radius 2 is 1.70 bits per heavy atom. The Kier molecular flexibility index (Phi) is 5.19. The van der Waals surface area contributed by atoms with Crippen molar-refractivity contribution in [3.8, 4) is 0 Å². The van der Waals surface area contributed by atoms with Crippen molar-refractivity contribution < 1.29 is 13.2 Å². The van der Waals surface area contributed by atoms with Gasteiger partial charge >= 0.3 is 0 Å². The molecular weight excluding hydrogens is 359 g/mol. The third kappa shape index (κ3) is 4.37. The molecule has 2 N–H and O–H groups in total. The fourth-order valence-electron chi connectivity index (χ4n) is 1.91. The van der Waals surface area contributed by atoms with Crippen molar-refractivity contribution in [1.82, 2.24) is 0 Å². The van der Waals surface area contributed by atoms with Crippen LogP contribution in [0.25, 0.3) is 0 Å². The van der Waals surface area contributed by atoms with E-state index in [4.69, 9.17) is 23.2 Å². The fraction of sp³-hybridized carbons (Fsp3) is 0.133. The fourth-order valence-corrected chi connectivity index (χ4v) is 3.59. The van der Waals surface area contributed by atoms with Crippen LogP contribution in [-0.2, 0) is 14.8 Å².